The van der Waals surface area contributed by atoms with Crippen molar-refractivity contribution in [3.63, 3.8) is 0 Å². The molecule has 0 aromatic heterocycles. The van der Waals surface area contributed by atoms with Gasteiger partial charge in [0.1, 0.15) is 0 Å². The van der Waals surface area contributed by atoms with Gasteiger partial charge in [-0.25, -0.2) is 4.39 Å². The van der Waals surface area contributed by atoms with E-state index in [0.717, 1.165) is 0 Å². The van der Waals surface area contributed by atoms with Crippen LogP contribution < -0.4 is 4.74 Å². The molecular weight excluding hydrogens is 171 g/mol. The molecule has 3 heteroatoms. The molecule has 0 unspecified atom stereocenters. The maximum Gasteiger partial charge on any atom is 0.311 e. The largest absolute Gasteiger partial charge is 0.423 e. The molecule has 0 aliphatic carbocycles. The number of hydrogen-bond donors (Lipinski definition) is 0. The van der Waals surface area contributed by atoms with Gasteiger partial charge >= 0.3 is 5.97 Å². The minimum absolute atomic E-state index is 0.000880. The van der Waals surface area contributed by atoms with Crippen LogP contribution in [0.4, 0.5) is 4.39 Å². The molecule has 0 aliphatic rings. The molecule has 70 valence electrons. The van der Waals surface area contributed by atoms with E-state index in [9.17, 15) is 9.18 Å². The van der Waals surface area contributed by atoms with E-state index in [4.69, 9.17) is 4.74 Å². The minimum Gasteiger partial charge on any atom is -0.423 e. The minimum atomic E-state index is -0.507. The Bertz CT molecular complexity index is 297. The Hall–Kier alpha value is -1.38. The highest BCUT2D eigenvalue weighted by Gasteiger charge is 2.06. The number of ether oxygens (including phenoxy) is 1. The van der Waals surface area contributed by atoms with Crippen LogP contribution in [0.3, 0.4) is 0 Å². The normalized spacial score (nSPS) is 9.69. The van der Waals surface area contributed by atoms with Crippen LogP contribution in [-0.4, -0.2) is 5.97 Å². The summed E-state index contributed by atoms with van der Waals surface area (Å²) in [6.07, 6.45) is 1.02. The van der Waals surface area contributed by atoms with Gasteiger partial charge in [-0.3, -0.25) is 4.79 Å². The van der Waals surface area contributed by atoms with E-state index in [1.54, 1.807) is 12.1 Å². The van der Waals surface area contributed by atoms with E-state index in [1.807, 2.05) is 6.92 Å². The molecule has 0 bridgehead atoms. The fourth-order valence-corrected chi connectivity index (χ4v) is 0.905. The van der Waals surface area contributed by atoms with Gasteiger partial charge in [0.05, 0.1) is 0 Å². The monoisotopic (exact) mass is 182 g/mol. The highest BCUT2D eigenvalue weighted by molar-refractivity contribution is 5.72. The Balaban J connectivity index is 2.63. The van der Waals surface area contributed by atoms with Gasteiger partial charge in [-0.15, -0.1) is 0 Å². The number of esters is 1. The van der Waals surface area contributed by atoms with Gasteiger partial charge in [0.2, 0.25) is 0 Å². The fraction of sp³-hybridized carbons (Fsp3) is 0.300. The van der Waals surface area contributed by atoms with E-state index < -0.39 is 11.8 Å². The maximum absolute atomic E-state index is 12.9. The summed E-state index contributed by atoms with van der Waals surface area (Å²) >= 11 is 0. The van der Waals surface area contributed by atoms with Crippen LogP contribution in [0.5, 0.6) is 5.75 Å². The van der Waals surface area contributed by atoms with Crippen molar-refractivity contribution in [1.29, 1.82) is 0 Å². The van der Waals surface area contributed by atoms with Crippen LogP contribution in [0, 0.1) is 5.82 Å². The molecule has 0 N–H and O–H groups in total. The number of para-hydroxylation sites is 1. The highest BCUT2D eigenvalue weighted by atomic mass is 19.1. The lowest BCUT2D eigenvalue weighted by Crippen LogP contribution is -2.07. The van der Waals surface area contributed by atoms with Gasteiger partial charge in [0, 0.05) is 6.42 Å². The first-order valence-corrected chi connectivity index (χ1v) is 4.19. The number of hydrogen-bond acceptors (Lipinski definition) is 2. The summed E-state index contributed by atoms with van der Waals surface area (Å²) in [5.74, 6) is -0.902. The fourth-order valence-electron chi connectivity index (χ4n) is 0.905. The molecule has 0 saturated carbocycles. The summed E-state index contributed by atoms with van der Waals surface area (Å²) in [5.41, 5.74) is 0. The summed E-state index contributed by atoms with van der Waals surface area (Å²) in [6.45, 7) is 1.86. The van der Waals surface area contributed by atoms with Gasteiger partial charge in [-0.2, -0.15) is 0 Å². The molecule has 1 rings (SSSR count). The predicted molar refractivity (Wildman–Crippen MR) is 46.9 cm³/mol. The zero-order valence-electron chi connectivity index (χ0n) is 7.42. The third kappa shape index (κ3) is 2.86. The Morgan fingerprint density at radius 1 is 1.46 bits per heavy atom. The number of carbonyl (C=O) groups excluding carboxylic acids is 1. The topological polar surface area (TPSA) is 26.3 Å². The summed E-state index contributed by atoms with van der Waals surface area (Å²) in [7, 11) is 0. The van der Waals surface area contributed by atoms with Gasteiger partial charge in [0.15, 0.2) is 11.6 Å². The second-order valence-electron chi connectivity index (χ2n) is 2.65. The molecule has 0 saturated heterocycles. The molecule has 0 heterocycles. The molecule has 1 aromatic carbocycles. The smallest absolute Gasteiger partial charge is 0.311 e. The van der Waals surface area contributed by atoms with Crippen molar-refractivity contribution in [2.75, 3.05) is 0 Å². The third-order valence-corrected chi connectivity index (χ3v) is 1.51. The molecule has 0 fully saturated rings. The average Bonchev–Trinajstić information content (AvgIpc) is 2.09. The third-order valence-electron chi connectivity index (χ3n) is 1.51. The van der Waals surface area contributed by atoms with Crippen LogP contribution in [0.25, 0.3) is 0 Å². The zero-order chi connectivity index (χ0) is 9.68. The van der Waals surface area contributed by atoms with Crippen molar-refractivity contribution >= 4 is 5.97 Å². The average molecular weight is 182 g/mol. The molecule has 0 radical (unpaired) electrons. The summed E-state index contributed by atoms with van der Waals surface area (Å²) < 4.78 is 17.7. The van der Waals surface area contributed by atoms with Crippen LogP contribution >= 0.6 is 0 Å². The van der Waals surface area contributed by atoms with Gasteiger partial charge in [-0.1, -0.05) is 19.1 Å². The lowest BCUT2D eigenvalue weighted by atomic mass is 10.3. The summed E-state index contributed by atoms with van der Waals surface area (Å²) in [5, 5.41) is 0. The quantitative estimate of drug-likeness (QED) is 0.530. The Kier molecular flexibility index (Phi) is 3.43. The Morgan fingerprint density at radius 3 is 2.77 bits per heavy atom. The molecule has 0 atom stereocenters. The number of carbonyl (C=O) groups is 1. The number of halogens is 1. The first-order valence-electron chi connectivity index (χ1n) is 4.19. The van der Waals surface area contributed by atoms with Crippen molar-refractivity contribution in [3.8, 4) is 5.75 Å². The SMILES string of the molecule is CCCC(=O)Oc1ccccc1F. The summed E-state index contributed by atoms with van der Waals surface area (Å²) in [4.78, 5) is 11.0. The van der Waals surface area contributed by atoms with Crippen LogP contribution in [0.15, 0.2) is 24.3 Å². The highest BCUT2D eigenvalue weighted by Crippen LogP contribution is 2.15. The molecule has 0 aliphatic heterocycles. The van der Waals surface area contributed by atoms with E-state index in [1.165, 1.54) is 12.1 Å². The van der Waals surface area contributed by atoms with Crippen LogP contribution in [-0.2, 0) is 4.79 Å². The van der Waals surface area contributed by atoms with Crippen molar-refractivity contribution in [3.05, 3.63) is 30.1 Å². The maximum atomic E-state index is 12.9. The van der Waals surface area contributed by atoms with Gasteiger partial charge in [-0.05, 0) is 18.6 Å². The van der Waals surface area contributed by atoms with Crippen LogP contribution in [0.1, 0.15) is 19.8 Å². The van der Waals surface area contributed by atoms with E-state index in [0.29, 0.717) is 12.8 Å². The first kappa shape index (κ1) is 9.71. The zero-order valence-corrected chi connectivity index (χ0v) is 7.42. The number of rotatable bonds is 3. The molecule has 0 amide bonds. The predicted octanol–water partition coefficient (Wildman–Crippen LogP) is 2.53. The van der Waals surface area contributed by atoms with E-state index >= 15 is 0 Å². The Labute approximate surface area is 76.3 Å². The second-order valence-corrected chi connectivity index (χ2v) is 2.65. The van der Waals surface area contributed by atoms with E-state index in [-0.39, 0.29) is 5.75 Å². The molecule has 2 nitrogen and oxygen atoms in total. The molecular formula is C10H11FO2. The lowest BCUT2D eigenvalue weighted by molar-refractivity contribution is -0.134. The summed E-state index contributed by atoms with van der Waals surface area (Å²) in [6, 6.07) is 5.86. The standard InChI is InChI=1S/C10H11FO2/c1-2-5-10(12)13-9-7-4-3-6-8(9)11/h3-4,6-7H,2,5H2,1H3. The van der Waals surface area contributed by atoms with Crippen molar-refractivity contribution in [2.45, 2.75) is 19.8 Å². The second kappa shape index (κ2) is 4.60. The van der Waals surface area contributed by atoms with Crippen LogP contribution in [0.2, 0.25) is 0 Å². The van der Waals surface area contributed by atoms with Crippen molar-refractivity contribution in [2.24, 2.45) is 0 Å². The first-order chi connectivity index (χ1) is 6.24. The van der Waals surface area contributed by atoms with Crippen molar-refractivity contribution < 1.29 is 13.9 Å². The van der Waals surface area contributed by atoms with Crippen molar-refractivity contribution in [1.82, 2.24) is 0 Å². The molecule has 1 aromatic rings. The van der Waals surface area contributed by atoms with Gasteiger partial charge in [0.25, 0.3) is 0 Å². The van der Waals surface area contributed by atoms with Gasteiger partial charge < -0.3 is 4.74 Å². The lowest BCUT2D eigenvalue weighted by Gasteiger charge is -2.03. The van der Waals surface area contributed by atoms with E-state index in [2.05, 4.69) is 0 Å². The Morgan fingerprint density at radius 2 is 2.15 bits per heavy atom. The molecule has 13 heavy (non-hydrogen) atoms. The molecule has 0 spiro atoms. The number of benzene rings is 1.